The molecule has 2 saturated carbocycles. The van der Waals surface area contributed by atoms with Crippen molar-refractivity contribution in [3.05, 3.63) is 29.8 Å². The molecule has 1 saturated heterocycles. The lowest BCUT2D eigenvalue weighted by Crippen LogP contribution is -2.38. The number of likely N-dealkylation sites (tertiary alicyclic amines) is 1. The number of fused-ring (bicyclic) bond motifs is 5. The Hall–Kier alpha value is -2.70. The molecule has 142 valence electrons. The highest BCUT2D eigenvalue weighted by Crippen LogP contribution is 2.56. The quantitative estimate of drug-likeness (QED) is 0.427. The summed E-state index contributed by atoms with van der Waals surface area (Å²) in [6.07, 6.45) is 2.92. The number of hydrogen-bond acceptors (Lipinski definition) is 6. The van der Waals surface area contributed by atoms with Gasteiger partial charge in [0.05, 0.1) is 18.9 Å². The van der Waals surface area contributed by atoms with Crippen molar-refractivity contribution in [1.29, 1.82) is 0 Å². The summed E-state index contributed by atoms with van der Waals surface area (Å²) < 4.78 is 10.0. The molecule has 2 bridgehead atoms. The monoisotopic (exact) mass is 371 g/mol. The van der Waals surface area contributed by atoms with Gasteiger partial charge >= 0.3 is 5.97 Å². The van der Waals surface area contributed by atoms with Gasteiger partial charge in [-0.15, -0.1) is 0 Å². The van der Waals surface area contributed by atoms with Crippen molar-refractivity contribution in [3.63, 3.8) is 0 Å². The number of imide groups is 1. The lowest BCUT2D eigenvalue weighted by Gasteiger charge is -2.19. The van der Waals surface area contributed by atoms with Gasteiger partial charge in [0.15, 0.2) is 12.4 Å². The summed E-state index contributed by atoms with van der Waals surface area (Å²) in [6.45, 7) is -0.848. The molecular formula is C20H21NO6. The van der Waals surface area contributed by atoms with Crippen LogP contribution < -0.4 is 4.74 Å². The van der Waals surface area contributed by atoms with Gasteiger partial charge in [-0.2, -0.15) is 0 Å². The fourth-order valence-electron chi connectivity index (χ4n) is 4.81. The maximum atomic E-state index is 12.6. The van der Waals surface area contributed by atoms with Gasteiger partial charge in [0.1, 0.15) is 12.3 Å². The third kappa shape index (κ3) is 3.01. The van der Waals surface area contributed by atoms with E-state index >= 15 is 0 Å². The molecule has 0 spiro atoms. The number of esters is 1. The molecule has 0 N–H and O–H groups in total. The second-order valence-corrected chi connectivity index (χ2v) is 7.46. The zero-order valence-electron chi connectivity index (χ0n) is 15.1. The number of rotatable bonds is 6. The van der Waals surface area contributed by atoms with Gasteiger partial charge in [-0.3, -0.25) is 24.1 Å². The molecule has 0 unspecified atom stereocenters. The van der Waals surface area contributed by atoms with Crippen LogP contribution in [0.5, 0.6) is 5.75 Å². The van der Waals surface area contributed by atoms with Crippen LogP contribution in [0.3, 0.4) is 0 Å². The third-order valence-electron chi connectivity index (χ3n) is 6.08. The first-order chi connectivity index (χ1) is 13.0. The molecule has 1 heterocycles. The third-order valence-corrected chi connectivity index (χ3v) is 6.08. The Morgan fingerprint density at radius 3 is 2.19 bits per heavy atom. The Kier molecular flexibility index (Phi) is 4.45. The van der Waals surface area contributed by atoms with E-state index in [0.717, 1.165) is 24.2 Å². The first kappa shape index (κ1) is 17.7. The number of amides is 2. The van der Waals surface area contributed by atoms with Crippen LogP contribution in [0.1, 0.15) is 29.6 Å². The number of Topliss-reactive ketones (excluding diaryl/α,β-unsaturated/α-hetero) is 1. The second kappa shape index (κ2) is 6.79. The molecule has 0 aromatic heterocycles. The van der Waals surface area contributed by atoms with Crippen molar-refractivity contribution in [2.45, 2.75) is 19.3 Å². The minimum Gasteiger partial charge on any atom is -0.497 e. The summed E-state index contributed by atoms with van der Waals surface area (Å²) in [7, 11) is 1.53. The molecule has 1 aromatic rings. The van der Waals surface area contributed by atoms with Crippen LogP contribution in [0.25, 0.3) is 0 Å². The molecule has 4 atom stereocenters. The molecule has 2 aliphatic carbocycles. The van der Waals surface area contributed by atoms with Crippen molar-refractivity contribution in [1.82, 2.24) is 4.90 Å². The van der Waals surface area contributed by atoms with E-state index < -0.39 is 19.1 Å². The molecule has 1 aliphatic heterocycles. The number of benzene rings is 1. The first-order valence-electron chi connectivity index (χ1n) is 9.17. The molecule has 7 nitrogen and oxygen atoms in total. The maximum absolute atomic E-state index is 12.6. The van der Waals surface area contributed by atoms with E-state index in [9.17, 15) is 19.2 Å². The van der Waals surface area contributed by atoms with Crippen molar-refractivity contribution in [2.24, 2.45) is 23.7 Å². The number of hydrogen-bond donors (Lipinski definition) is 0. The second-order valence-electron chi connectivity index (χ2n) is 7.46. The van der Waals surface area contributed by atoms with Crippen LogP contribution in [0.2, 0.25) is 0 Å². The molecule has 27 heavy (non-hydrogen) atoms. The molecule has 7 heteroatoms. The molecule has 0 radical (unpaired) electrons. The maximum Gasteiger partial charge on any atom is 0.326 e. The number of ether oxygens (including phenoxy) is 2. The van der Waals surface area contributed by atoms with Crippen LogP contribution in [-0.4, -0.2) is 48.7 Å². The van der Waals surface area contributed by atoms with Gasteiger partial charge in [0.2, 0.25) is 11.8 Å². The van der Waals surface area contributed by atoms with Gasteiger partial charge in [0, 0.05) is 5.56 Å². The Morgan fingerprint density at radius 1 is 1.04 bits per heavy atom. The van der Waals surface area contributed by atoms with Gasteiger partial charge in [-0.25, -0.2) is 0 Å². The fraction of sp³-hybridized carbons (Fsp3) is 0.500. The molecule has 1 aromatic carbocycles. The summed E-state index contributed by atoms with van der Waals surface area (Å²) in [4.78, 5) is 50.3. The lowest BCUT2D eigenvalue weighted by molar-refractivity contribution is -0.152. The SMILES string of the molecule is COc1ccc(C(=O)COC(=O)CN2C(=O)[C@@H]3[C@H]4CC[C@@H](C4)[C@@H]3C2=O)cc1. The molecular weight excluding hydrogens is 350 g/mol. The van der Waals surface area contributed by atoms with Crippen molar-refractivity contribution >= 4 is 23.6 Å². The largest absolute Gasteiger partial charge is 0.497 e. The lowest BCUT2D eigenvalue weighted by atomic mass is 9.81. The minimum absolute atomic E-state index is 0.254. The summed E-state index contributed by atoms with van der Waals surface area (Å²) in [5.41, 5.74) is 0.392. The van der Waals surface area contributed by atoms with Gasteiger partial charge in [0.25, 0.3) is 0 Å². The van der Waals surface area contributed by atoms with E-state index in [-0.39, 0.29) is 41.3 Å². The predicted octanol–water partition coefficient (Wildman–Crippen LogP) is 1.45. The number of carbonyl (C=O) groups excluding carboxylic acids is 4. The molecule has 2 amide bonds. The van der Waals surface area contributed by atoms with Crippen LogP contribution in [0, 0.1) is 23.7 Å². The Labute approximate surface area is 156 Å². The molecule has 4 rings (SSSR count). The van der Waals surface area contributed by atoms with E-state index in [1.54, 1.807) is 24.3 Å². The Balaban J connectivity index is 1.32. The van der Waals surface area contributed by atoms with Crippen LogP contribution >= 0.6 is 0 Å². The number of nitrogens with zero attached hydrogens (tertiary/aromatic N) is 1. The van der Waals surface area contributed by atoms with E-state index in [1.807, 2.05) is 0 Å². The zero-order chi connectivity index (χ0) is 19.1. The molecule has 3 aliphatic rings. The molecule has 3 fully saturated rings. The van der Waals surface area contributed by atoms with Crippen molar-refractivity contribution in [3.8, 4) is 5.75 Å². The van der Waals surface area contributed by atoms with E-state index in [4.69, 9.17) is 9.47 Å². The highest BCUT2D eigenvalue weighted by atomic mass is 16.5. The average Bonchev–Trinajstić information content (AvgIpc) is 3.36. The summed E-state index contributed by atoms with van der Waals surface area (Å²) in [5.74, 6) is -0.968. The van der Waals surface area contributed by atoms with E-state index in [2.05, 4.69) is 0 Å². The van der Waals surface area contributed by atoms with Crippen molar-refractivity contribution < 1.29 is 28.7 Å². The number of ketones is 1. The normalized spacial score (nSPS) is 28.4. The minimum atomic E-state index is -0.745. The standard InChI is InChI=1S/C20H21NO6/c1-26-14-6-4-11(5-7-14)15(22)10-27-16(23)9-21-19(24)17-12-2-3-13(8-12)18(17)20(21)25/h4-7,12-13,17-18H,2-3,8-10H2,1H3/t12-,13-,17-,18+/m0/s1. The fourth-order valence-corrected chi connectivity index (χ4v) is 4.81. The highest BCUT2D eigenvalue weighted by molar-refractivity contribution is 6.08. The van der Waals surface area contributed by atoms with Crippen LogP contribution in [0.4, 0.5) is 0 Å². The van der Waals surface area contributed by atoms with Gasteiger partial charge in [-0.1, -0.05) is 0 Å². The summed E-state index contributed by atoms with van der Waals surface area (Å²) in [5, 5.41) is 0. The smallest absolute Gasteiger partial charge is 0.326 e. The number of methoxy groups -OCH3 is 1. The van der Waals surface area contributed by atoms with Crippen molar-refractivity contribution in [2.75, 3.05) is 20.3 Å². The first-order valence-corrected chi connectivity index (χ1v) is 9.17. The van der Waals surface area contributed by atoms with Crippen LogP contribution in [-0.2, 0) is 19.1 Å². The predicted molar refractivity (Wildman–Crippen MR) is 92.8 cm³/mol. The van der Waals surface area contributed by atoms with E-state index in [1.165, 1.54) is 7.11 Å². The van der Waals surface area contributed by atoms with E-state index in [0.29, 0.717) is 11.3 Å². The zero-order valence-corrected chi connectivity index (χ0v) is 15.1. The number of carbonyl (C=O) groups is 4. The Bertz CT molecular complexity index is 773. The summed E-state index contributed by atoms with van der Waals surface area (Å²) in [6, 6.07) is 6.45. The van der Waals surface area contributed by atoms with Gasteiger partial charge < -0.3 is 9.47 Å². The van der Waals surface area contributed by atoms with Crippen LogP contribution in [0.15, 0.2) is 24.3 Å². The highest BCUT2D eigenvalue weighted by Gasteiger charge is 2.61. The van der Waals surface area contributed by atoms with Gasteiger partial charge in [-0.05, 0) is 55.4 Å². The topological polar surface area (TPSA) is 90.0 Å². The average molecular weight is 371 g/mol. The summed E-state index contributed by atoms with van der Waals surface area (Å²) >= 11 is 0. The Morgan fingerprint density at radius 2 is 1.63 bits per heavy atom.